The van der Waals surface area contributed by atoms with Crippen molar-refractivity contribution in [3.05, 3.63) is 43.5 Å². The molecule has 0 bridgehead atoms. The number of nitrogens with one attached hydrogen (secondary N) is 1. The van der Waals surface area contributed by atoms with E-state index in [1.807, 2.05) is 6.07 Å². The lowest BCUT2D eigenvalue weighted by atomic mass is 10.3. The molecule has 2 rings (SSSR count). The molecule has 0 radical (unpaired) electrons. The number of thioether (sulfide) groups is 1. The van der Waals surface area contributed by atoms with Crippen molar-refractivity contribution in [2.75, 3.05) is 5.32 Å². The molecule has 0 saturated heterocycles. The van der Waals surface area contributed by atoms with Gasteiger partial charge in [0.05, 0.1) is 3.79 Å². The molecule has 1 aromatic carbocycles. The van der Waals surface area contributed by atoms with E-state index in [1.165, 1.54) is 12.1 Å². The van der Waals surface area contributed by atoms with E-state index in [2.05, 4.69) is 37.2 Å². The summed E-state index contributed by atoms with van der Waals surface area (Å²) in [6, 6.07) is 8.20. The highest BCUT2D eigenvalue weighted by Crippen LogP contribution is 2.37. The van der Waals surface area contributed by atoms with E-state index in [-0.39, 0.29) is 16.7 Å². The molecule has 0 unspecified atom stereocenters. The Morgan fingerprint density at radius 3 is 2.30 bits per heavy atom. The zero-order valence-electron chi connectivity index (χ0n) is 9.80. The lowest BCUT2D eigenvalue weighted by Crippen LogP contribution is -2.00. The molecule has 0 aliphatic heterocycles. The molecular weight excluding hydrogens is 439 g/mol. The van der Waals surface area contributed by atoms with Gasteiger partial charge < -0.3 is 5.32 Å². The number of halogens is 5. The van der Waals surface area contributed by atoms with Gasteiger partial charge in [0.25, 0.3) is 0 Å². The van der Waals surface area contributed by atoms with Crippen LogP contribution in [-0.4, -0.2) is 5.51 Å². The Morgan fingerprint density at radius 2 is 1.80 bits per heavy atom. The highest BCUT2D eigenvalue weighted by Gasteiger charge is 2.28. The number of benzene rings is 1. The normalized spacial score (nSPS) is 11.7. The molecule has 0 aliphatic rings. The van der Waals surface area contributed by atoms with Crippen molar-refractivity contribution < 1.29 is 13.2 Å². The lowest BCUT2D eigenvalue weighted by Gasteiger charge is -2.08. The maximum absolute atomic E-state index is 12.2. The second-order valence-corrected chi connectivity index (χ2v) is 8.21. The van der Waals surface area contributed by atoms with Crippen LogP contribution in [0.2, 0.25) is 0 Å². The van der Waals surface area contributed by atoms with Crippen LogP contribution in [0.1, 0.15) is 4.88 Å². The van der Waals surface area contributed by atoms with Crippen molar-refractivity contribution in [3.63, 3.8) is 0 Å². The molecule has 1 nitrogen and oxygen atoms in total. The number of rotatable bonds is 4. The van der Waals surface area contributed by atoms with Crippen LogP contribution >= 0.6 is 55.0 Å². The monoisotopic (exact) mass is 445 g/mol. The Kier molecular flexibility index (Phi) is 5.44. The number of hydrogen-bond acceptors (Lipinski definition) is 3. The van der Waals surface area contributed by atoms with Crippen LogP contribution < -0.4 is 5.32 Å². The molecular formula is C12H8Br2F3NS2. The van der Waals surface area contributed by atoms with E-state index in [1.54, 1.807) is 23.5 Å². The summed E-state index contributed by atoms with van der Waals surface area (Å²) in [5, 5.41) is 3.17. The van der Waals surface area contributed by atoms with Gasteiger partial charge in [0.1, 0.15) is 0 Å². The van der Waals surface area contributed by atoms with Crippen molar-refractivity contribution >= 4 is 60.6 Å². The Bertz CT molecular complexity index is 562. The minimum Gasteiger partial charge on any atom is -0.380 e. The first kappa shape index (κ1) is 16.2. The molecule has 1 aromatic heterocycles. The van der Waals surface area contributed by atoms with E-state index in [9.17, 15) is 13.2 Å². The first-order chi connectivity index (χ1) is 9.33. The van der Waals surface area contributed by atoms with Gasteiger partial charge in [-0.05, 0) is 74.0 Å². The molecule has 20 heavy (non-hydrogen) atoms. The van der Waals surface area contributed by atoms with Gasteiger partial charge in [0.2, 0.25) is 0 Å². The number of alkyl halides is 3. The predicted molar refractivity (Wildman–Crippen MR) is 85.4 cm³/mol. The minimum absolute atomic E-state index is 0.109. The van der Waals surface area contributed by atoms with Crippen LogP contribution in [0.4, 0.5) is 18.9 Å². The molecule has 0 fully saturated rings. The minimum atomic E-state index is -4.25. The molecule has 0 spiro atoms. The van der Waals surface area contributed by atoms with Gasteiger partial charge in [-0.25, -0.2) is 0 Å². The molecule has 1 N–H and O–H groups in total. The standard InChI is InChI=1S/C12H8Br2F3NS2/c13-10-5-9(19-11(10)14)6-18-7-1-3-8(4-2-7)20-12(15,16)17/h1-5,18H,6H2. The summed E-state index contributed by atoms with van der Waals surface area (Å²) in [6.45, 7) is 0.626. The van der Waals surface area contributed by atoms with E-state index in [0.717, 1.165) is 18.8 Å². The van der Waals surface area contributed by atoms with Crippen LogP contribution in [0.5, 0.6) is 0 Å². The SMILES string of the molecule is FC(F)(F)Sc1ccc(NCc2cc(Br)c(Br)s2)cc1. The average molecular weight is 447 g/mol. The third-order valence-corrected chi connectivity index (χ3v) is 6.25. The topological polar surface area (TPSA) is 12.0 Å². The van der Waals surface area contributed by atoms with Crippen molar-refractivity contribution in [2.24, 2.45) is 0 Å². The Balaban J connectivity index is 1.94. The van der Waals surface area contributed by atoms with E-state index in [4.69, 9.17) is 0 Å². The molecule has 0 aliphatic carbocycles. The first-order valence-electron chi connectivity index (χ1n) is 5.37. The van der Waals surface area contributed by atoms with Gasteiger partial charge in [-0.15, -0.1) is 11.3 Å². The Morgan fingerprint density at radius 1 is 1.15 bits per heavy atom. The van der Waals surface area contributed by atoms with Gasteiger partial charge >= 0.3 is 5.51 Å². The molecule has 1 heterocycles. The summed E-state index contributed by atoms with van der Waals surface area (Å²) < 4.78 is 38.6. The maximum atomic E-state index is 12.2. The molecule has 0 amide bonds. The fourth-order valence-corrected chi connectivity index (χ4v) is 4.10. The second kappa shape index (κ2) is 6.72. The van der Waals surface area contributed by atoms with Gasteiger partial charge in [-0.3, -0.25) is 0 Å². The number of hydrogen-bond donors (Lipinski definition) is 1. The van der Waals surface area contributed by atoms with E-state index >= 15 is 0 Å². The second-order valence-electron chi connectivity index (χ2n) is 3.76. The van der Waals surface area contributed by atoms with E-state index in [0.29, 0.717) is 6.54 Å². The first-order valence-corrected chi connectivity index (χ1v) is 8.59. The molecule has 108 valence electrons. The summed E-state index contributed by atoms with van der Waals surface area (Å²) in [4.78, 5) is 1.31. The van der Waals surface area contributed by atoms with Crippen LogP contribution in [0.3, 0.4) is 0 Å². The largest absolute Gasteiger partial charge is 0.446 e. The Hall–Kier alpha value is -0.180. The van der Waals surface area contributed by atoms with Gasteiger partial charge in [0.15, 0.2) is 0 Å². The third-order valence-electron chi connectivity index (χ3n) is 2.25. The van der Waals surface area contributed by atoms with Gasteiger partial charge in [-0.1, -0.05) is 0 Å². The fraction of sp³-hybridized carbons (Fsp3) is 0.167. The summed E-state index contributed by atoms with van der Waals surface area (Å²) in [7, 11) is 0. The van der Waals surface area contributed by atoms with Gasteiger partial charge in [0, 0.05) is 26.5 Å². The van der Waals surface area contributed by atoms with E-state index < -0.39 is 5.51 Å². The van der Waals surface area contributed by atoms with Crippen LogP contribution in [0, 0.1) is 0 Å². The average Bonchev–Trinajstić information content (AvgIpc) is 2.66. The molecule has 0 atom stereocenters. The summed E-state index contributed by atoms with van der Waals surface area (Å²) >= 11 is 8.31. The van der Waals surface area contributed by atoms with Crippen molar-refractivity contribution in [2.45, 2.75) is 16.9 Å². The fourth-order valence-electron chi connectivity index (χ4n) is 1.44. The zero-order chi connectivity index (χ0) is 14.8. The molecule has 8 heteroatoms. The van der Waals surface area contributed by atoms with Gasteiger partial charge in [-0.2, -0.15) is 13.2 Å². The zero-order valence-corrected chi connectivity index (χ0v) is 14.6. The number of thiophene rings is 1. The predicted octanol–water partition coefficient (Wildman–Crippen LogP) is 6.50. The van der Waals surface area contributed by atoms with Crippen LogP contribution in [0.25, 0.3) is 0 Å². The lowest BCUT2D eigenvalue weighted by molar-refractivity contribution is -0.0328. The van der Waals surface area contributed by atoms with Crippen LogP contribution in [0.15, 0.2) is 43.5 Å². The smallest absolute Gasteiger partial charge is 0.380 e. The Labute approximate surface area is 139 Å². The van der Waals surface area contributed by atoms with Crippen molar-refractivity contribution in [1.29, 1.82) is 0 Å². The van der Waals surface area contributed by atoms with Crippen molar-refractivity contribution in [1.82, 2.24) is 0 Å². The molecule has 2 aromatic rings. The number of anilines is 1. The van der Waals surface area contributed by atoms with Crippen molar-refractivity contribution in [3.8, 4) is 0 Å². The highest BCUT2D eigenvalue weighted by molar-refractivity contribution is 9.13. The maximum Gasteiger partial charge on any atom is 0.446 e. The summed E-state index contributed by atoms with van der Waals surface area (Å²) in [5.74, 6) is 0. The highest BCUT2D eigenvalue weighted by atomic mass is 79.9. The quantitative estimate of drug-likeness (QED) is 0.538. The molecule has 0 saturated carbocycles. The third kappa shape index (κ3) is 4.98. The summed E-state index contributed by atoms with van der Waals surface area (Å²) in [6.07, 6.45) is 0. The van der Waals surface area contributed by atoms with Crippen LogP contribution in [-0.2, 0) is 6.54 Å². The summed E-state index contributed by atoms with van der Waals surface area (Å²) in [5.41, 5.74) is -3.46.